The van der Waals surface area contributed by atoms with Gasteiger partial charge in [-0.05, 0) is 49.6 Å². The molecule has 0 unspecified atom stereocenters. The molecule has 7 nitrogen and oxygen atoms in total. The molecule has 1 aliphatic heterocycles. The zero-order valence-corrected chi connectivity index (χ0v) is 16.6. The van der Waals surface area contributed by atoms with Gasteiger partial charge >= 0.3 is 6.03 Å². The van der Waals surface area contributed by atoms with Crippen LogP contribution in [0.25, 0.3) is 11.2 Å². The van der Waals surface area contributed by atoms with Gasteiger partial charge in [-0.25, -0.2) is 19.2 Å². The zero-order chi connectivity index (χ0) is 20.4. The molecule has 1 saturated heterocycles. The van der Waals surface area contributed by atoms with E-state index in [1.165, 1.54) is 6.07 Å². The fourth-order valence-electron chi connectivity index (χ4n) is 3.79. The Morgan fingerprint density at radius 2 is 2.10 bits per heavy atom. The minimum absolute atomic E-state index is 0.195. The number of anilines is 1. The van der Waals surface area contributed by atoms with Crippen molar-refractivity contribution in [3.05, 3.63) is 53.7 Å². The fraction of sp³-hybridized carbons (Fsp3) is 0.381. The number of aromatic nitrogens is 3. The quantitative estimate of drug-likeness (QED) is 0.725. The van der Waals surface area contributed by atoms with Gasteiger partial charge in [0.15, 0.2) is 5.65 Å². The summed E-state index contributed by atoms with van der Waals surface area (Å²) in [6.07, 6.45) is 3.34. The molecular weight excluding hydrogens is 373 g/mol. The normalized spacial score (nSPS) is 15.1. The van der Waals surface area contributed by atoms with E-state index in [2.05, 4.69) is 19.9 Å². The van der Waals surface area contributed by atoms with Gasteiger partial charge in [0, 0.05) is 38.1 Å². The van der Waals surface area contributed by atoms with Crippen LogP contribution in [-0.2, 0) is 11.3 Å². The maximum atomic E-state index is 13.7. The van der Waals surface area contributed by atoms with Crippen molar-refractivity contribution in [3.63, 3.8) is 0 Å². The van der Waals surface area contributed by atoms with Crippen LogP contribution in [0.3, 0.4) is 0 Å². The number of hydrogen-bond acceptors (Lipinski definition) is 4. The number of nitrogens with one attached hydrogen (secondary N) is 1. The summed E-state index contributed by atoms with van der Waals surface area (Å²) in [4.78, 5) is 23.5. The first kappa shape index (κ1) is 19.3. The molecule has 0 spiro atoms. The lowest BCUT2D eigenvalue weighted by Gasteiger charge is -2.33. The van der Waals surface area contributed by atoms with Crippen molar-refractivity contribution in [2.24, 2.45) is 0 Å². The molecule has 0 radical (unpaired) electrons. The number of nitrogens with zero attached hydrogens (tertiary/aromatic N) is 4. The Morgan fingerprint density at radius 1 is 1.31 bits per heavy atom. The first-order valence-corrected chi connectivity index (χ1v) is 9.69. The molecule has 0 aliphatic carbocycles. The van der Waals surface area contributed by atoms with E-state index in [0.29, 0.717) is 30.9 Å². The number of imidazole rings is 1. The number of rotatable bonds is 4. The van der Waals surface area contributed by atoms with Crippen molar-refractivity contribution in [3.8, 4) is 0 Å². The molecule has 2 amide bonds. The summed E-state index contributed by atoms with van der Waals surface area (Å²) in [6, 6.07) is 8.52. The summed E-state index contributed by atoms with van der Waals surface area (Å²) in [5.74, 6) is 0.519. The second-order valence-electron chi connectivity index (χ2n) is 7.29. The molecule has 0 saturated carbocycles. The molecule has 152 valence electrons. The molecule has 1 N–H and O–H groups in total. The van der Waals surface area contributed by atoms with Gasteiger partial charge in [-0.1, -0.05) is 6.07 Å². The maximum Gasteiger partial charge on any atom is 0.321 e. The van der Waals surface area contributed by atoms with Crippen molar-refractivity contribution < 1.29 is 13.9 Å². The van der Waals surface area contributed by atoms with Gasteiger partial charge in [0.2, 0.25) is 0 Å². The number of carbonyl (C=O) groups is 1. The van der Waals surface area contributed by atoms with Gasteiger partial charge in [-0.15, -0.1) is 0 Å². The average Bonchev–Trinajstić information content (AvgIpc) is 3.09. The molecular formula is C21H24FN5O2. The maximum absolute atomic E-state index is 13.7. The summed E-state index contributed by atoms with van der Waals surface area (Å²) in [5, 5.41) is 2.79. The van der Waals surface area contributed by atoms with Crippen LogP contribution in [0, 0.1) is 12.7 Å². The van der Waals surface area contributed by atoms with Gasteiger partial charge in [-0.3, -0.25) is 0 Å². The molecule has 2 aromatic heterocycles. The van der Waals surface area contributed by atoms with Gasteiger partial charge in [-0.2, -0.15) is 0 Å². The smallest absolute Gasteiger partial charge is 0.321 e. The first-order valence-electron chi connectivity index (χ1n) is 9.69. The minimum Gasteiger partial charge on any atom is -0.377 e. The van der Waals surface area contributed by atoms with E-state index in [-0.39, 0.29) is 17.9 Å². The standard InChI is InChI=1S/C21H24FN5O2/c1-14-5-6-15(12-17(14)22)24-21(28)26-10-7-16(8-11-26)27-19(13-29-2)25-18-4-3-9-23-20(18)27/h3-6,9,12,16H,7-8,10-11,13H2,1-2H3,(H,24,28). The van der Waals surface area contributed by atoms with Crippen molar-refractivity contribution in [1.82, 2.24) is 19.4 Å². The molecule has 3 heterocycles. The Kier molecular flexibility index (Phi) is 5.44. The Hall–Kier alpha value is -3.00. The predicted molar refractivity (Wildman–Crippen MR) is 108 cm³/mol. The summed E-state index contributed by atoms with van der Waals surface area (Å²) in [5.41, 5.74) is 2.71. The monoisotopic (exact) mass is 397 g/mol. The second-order valence-corrected chi connectivity index (χ2v) is 7.29. The van der Waals surface area contributed by atoms with Crippen LogP contribution in [0.2, 0.25) is 0 Å². The summed E-state index contributed by atoms with van der Waals surface area (Å²) < 4.78 is 21.2. The molecule has 3 aromatic rings. The van der Waals surface area contributed by atoms with Crippen LogP contribution in [0.15, 0.2) is 36.5 Å². The average molecular weight is 397 g/mol. The largest absolute Gasteiger partial charge is 0.377 e. The predicted octanol–water partition coefficient (Wildman–Crippen LogP) is 3.89. The van der Waals surface area contributed by atoms with E-state index in [4.69, 9.17) is 4.74 Å². The number of piperidine rings is 1. The topological polar surface area (TPSA) is 72.3 Å². The van der Waals surface area contributed by atoms with E-state index in [9.17, 15) is 9.18 Å². The van der Waals surface area contributed by atoms with Crippen LogP contribution in [0.1, 0.15) is 30.3 Å². The third-order valence-corrected chi connectivity index (χ3v) is 5.34. The number of halogens is 1. The lowest BCUT2D eigenvalue weighted by atomic mass is 10.0. The number of ether oxygens (including phenoxy) is 1. The summed E-state index contributed by atoms with van der Waals surface area (Å²) in [6.45, 7) is 3.31. The molecule has 4 rings (SSSR count). The number of fused-ring (bicyclic) bond motifs is 1. The second kappa shape index (κ2) is 8.16. The molecule has 1 aromatic carbocycles. The number of amides is 2. The Balaban J connectivity index is 1.45. The fourth-order valence-corrected chi connectivity index (χ4v) is 3.79. The van der Waals surface area contributed by atoms with Crippen LogP contribution >= 0.6 is 0 Å². The van der Waals surface area contributed by atoms with E-state index >= 15 is 0 Å². The van der Waals surface area contributed by atoms with E-state index in [0.717, 1.165) is 29.8 Å². The van der Waals surface area contributed by atoms with Crippen molar-refractivity contribution in [2.75, 3.05) is 25.5 Å². The SMILES string of the molecule is COCc1nc2cccnc2n1C1CCN(C(=O)Nc2ccc(C)c(F)c2)CC1. The summed E-state index contributed by atoms with van der Waals surface area (Å²) >= 11 is 0. The molecule has 0 bridgehead atoms. The highest BCUT2D eigenvalue weighted by atomic mass is 19.1. The van der Waals surface area contributed by atoms with Crippen LogP contribution < -0.4 is 5.32 Å². The van der Waals surface area contributed by atoms with Gasteiger partial charge in [0.05, 0.1) is 0 Å². The van der Waals surface area contributed by atoms with Crippen LogP contribution in [0.5, 0.6) is 0 Å². The van der Waals surface area contributed by atoms with Crippen molar-refractivity contribution in [1.29, 1.82) is 0 Å². The van der Waals surface area contributed by atoms with E-state index in [1.54, 1.807) is 37.3 Å². The van der Waals surface area contributed by atoms with Crippen molar-refractivity contribution in [2.45, 2.75) is 32.4 Å². The third kappa shape index (κ3) is 3.93. The minimum atomic E-state index is -0.327. The highest BCUT2D eigenvalue weighted by Gasteiger charge is 2.27. The highest BCUT2D eigenvalue weighted by Crippen LogP contribution is 2.28. The number of likely N-dealkylation sites (tertiary alicyclic amines) is 1. The number of carbonyl (C=O) groups excluding carboxylic acids is 1. The third-order valence-electron chi connectivity index (χ3n) is 5.34. The number of urea groups is 1. The van der Waals surface area contributed by atoms with Gasteiger partial charge < -0.3 is 19.5 Å². The number of pyridine rings is 1. The molecule has 29 heavy (non-hydrogen) atoms. The van der Waals surface area contributed by atoms with Gasteiger partial charge in [0.1, 0.15) is 23.8 Å². The zero-order valence-electron chi connectivity index (χ0n) is 16.6. The Morgan fingerprint density at radius 3 is 2.83 bits per heavy atom. The number of methoxy groups -OCH3 is 1. The Bertz CT molecular complexity index is 1030. The molecule has 1 fully saturated rings. The molecule has 0 atom stereocenters. The Labute approximate surface area is 168 Å². The highest BCUT2D eigenvalue weighted by molar-refractivity contribution is 5.89. The van der Waals surface area contributed by atoms with Crippen LogP contribution in [0.4, 0.5) is 14.9 Å². The lowest BCUT2D eigenvalue weighted by Crippen LogP contribution is -2.41. The molecule has 8 heteroatoms. The number of aryl methyl sites for hydroxylation is 1. The summed E-state index contributed by atoms with van der Waals surface area (Å²) in [7, 11) is 1.65. The van der Waals surface area contributed by atoms with E-state index < -0.39 is 0 Å². The first-order chi connectivity index (χ1) is 14.1. The van der Waals surface area contributed by atoms with Crippen LogP contribution in [-0.4, -0.2) is 45.7 Å². The lowest BCUT2D eigenvalue weighted by molar-refractivity contribution is 0.162. The van der Waals surface area contributed by atoms with Crippen molar-refractivity contribution >= 4 is 22.9 Å². The number of benzene rings is 1. The van der Waals surface area contributed by atoms with Gasteiger partial charge in [0.25, 0.3) is 0 Å². The molecule has 1 aliphatic rings. The van der Waals surface area contributed by atoms with E-state index in [1.807, 2.05) is 12.1 Å². The number of hydrogen-bond donors (Lipinski definition) is 1.